The highest BCUT2D eigenvalue weighted by Gasteiger charge is 2.14. The topological polar surface area (TPSA) is 12.0 Å². The number of hydrogen-bond acceptors (Lipinski definition) is 1. The summed E-state index contributed by atoms with van der Waals surface area (Å²) in [4.78, 5) is 0. The van der Waals surface area contributed by atoms with E-state index >= 15 is 0 Å². The maximum atomic E-state index is 6.17. The zero-order valence-corrected chi connectivity index (χ0v) is 15.5. The molecule has 2 aliphatic carbocycles. The van der Waals surface area contributed by atoms with E-state index in [0.717, 1.165) is 11.4 Å². The molecule has 1 N–H and O–H groups in total. The van der Waals surface area contributed by atoms with Gasteiger partial charge in [-0.05, 0) is 82.7 Å². The molecule has 0 fully saturated rings. The van der Waals surface area contributed by atoms with Gasteiger partial charge in [0.1, 0.15) is 0 Å². The Balaban J connectivity index is 0.000000204. The van der Waals surface area contributed by atoms with Gasteiger partial charge in [0.05, 0.1) is 0 Å². The van der Waals surface area contributed by atoms with E-state index in [9.17, 15) is 0 Å². The quantitative estimate of drug-likeness (QED) is 0.723. The summed E-state index contributed by atoms with van der Waals surface area (Å²) in [5.74, 6) is 0. The highest BCUT2D eigenvalue weighted by molar-refractivity contribution is 6.30. The van der Waals surface area contributed by atoms with Crippen molar-refractivity contribution in [3.05, 3.63) is 93.6 Å². The van der Waals surface area contributed by atoms with E-state index in [0.29, 0.717) is 0 Å². The Morgan fingerprint density at radius 2 is 1.58 bits per heavy atom. The molecule has 1 aliphatic heterocycles. The molecule has 2 aromatic carbocycles. The Hall–Kier alpha value is -2.51. The van der Waals surface area contributed by atoms with Crippen LogP contribution < -0.4 is 15.8 Å². The van der Waals surface area contributed by atoms with Crippen LogP contribution in [0.1, 0.15) is 24.0 Å². The Morgan fingerprint density at radius 1 is 0.769 bits per heavy atom. The van der Waals surface area contributed by atoms with E-state index in [-0.39, 0.29) is 0 Å². The van der Waals surface area contributed by atoms with Gasteiger partial charge in [-0.2, -0.15) is 0 Å². The standard InChI is InChI=1S/C18H15Cl.C6H7N/c19-14-8-5-13-7-9-16-15-4-2-1-3-12(15)6-10-17(16)18(13)11-14;1-2-4-6-7-5-3-1/h4-6,8-11H,1-3,7H2;1-7H. The Kier molecular flexibility index (Phi) is 5.08. The number of nitrogens with one attached hydrogen (secondary N) is 1. The van der Waals surface area contributed by atoms with Crippen molar-refractivity contribution in [2.75, 3.05) is 0 Å². The third kappa shape index (κ3) is 3.54. The predicted molar refractivity (Wildman–Crippen MR) is 112 cm³/mol. The van der Waals surface area contributed by atoms with Gasteiger partial charge in [0.15, 0.2) is 0 Å². The van der Waals surface area contributed by atoms with Gasteiger partial charge in [-0.25, -0.2) is 0 Å². The normalized spacial score (nSPS) is 15.7. The van der Waals surface area contributed by atoms with Crippen molar-refractivity contribution in [1.29, 1.82) is 0 Å². The van der Waals surface area contributed by atoms with Gasteiger partial charge < -0.3 is 5.32 Å². The van der Waals surface area contributed by atoms with E-state index in [1.807, 2.05) is 42.8 Å². The molecule has 0 aromatic heterocycles. The first-order chi connectivity index (χ1) is 12.8. The summed E-state index contributed by atoms with van der Waals surface area (Å²) in [6, 6.07) is 10.8. The highest BCUT2D eigenvalue weighted by atomic mass is 35.5. The zero-order valence-electron chi connectivity index (χ0n) is 14.7. The minimum absolute atomic E-state index is 0.827. The van der Waals surface area contributed by atoms with Crippen molar-refractivity contribution >= 4 is 23.8 Å². The van der Waals surface area contributed by atoms with Gasteiger partial charge in [-0.1, -0.05) is 54.1 Å². The van der Waals surface area contributed by atoms with Crippen molar-refractivity contribution < 1.29 is 0 Å². The minimum atomic E-state index is 0.827. The van der Waals surface area contributed by atoms with Crippen molar-refractivity contribution in [2.24, 2.45) is 0 Å². The third-order valence-electron chi connectivity index (χ3n) is 4.98. The Bertz CT molecular complexity index is 1010. The molecule has 0 radical (unpaired) electrons. The summed E-state index contributed by atoms with van der Waals surface area (Å²) in [7, 11) is 0. The second kappa shape index (κ2) is 7.80. The van der Waals surface area contributed by atoms with Crippen LogP contribution in [-0.2, 0) is 12.8 Å². The van der Waals surface area contributed by atoms with E-state index in [2.05, 4.69) is 41.7 Å². The van der Waals surface area contributed by atoms with E-state index in [1.54, 1.807) is 0 Å². The van der Waals surface area contributed by atoms with E-state index < -0.39 is 0 Å². The lowest BCUT2D eigenvalue weighted by molar-refractivity contribution is 0.834. The number of allylic oxidation sites excluding steroid dienone is 4. The zero-order chi connectivity index (χ0) is 17.8. The molecule has 130 valence electrons. The molecular formula is C24H22ClN. The van der Waals surface area contributed by atoms with Crippen LogP contribution in [0.15, 0.2) is 67.0 Å². The first kappa shape index (κ1) is 16.9. The monoisotopic (exact) mass is 359 g/mol. The number of hydrogen-bond donors (Lipinski definition) is 1. The maximum Gasteiger partial charge on any atom is 0.0412 e. The van der Waals surface area contributed by atoms with Crippen LogP contribution >= 0.6 is 11.6 Å². The van der Waals surface area contributed by atoms with Gasteiger partial charge in [0.2, 0.25) is 0 Å². The summed E-state index contributed by atoms with van der Waals surface area (Å²) in [6.45, 7) is 0. The van der Waals surface area contributed by atoms with Crippen molar-refractivity contribution in [3.8, 4) is 11.1 Å². The molecule has 26 heavy (non-hydrogen) atoms. The number of rotatable bonds is 0. The van der Waals surface area contributed by atoms with Gasteiger partial charge in [0.25, 0.3) is 0 Å². The predicted octanol–water partition coefficient (Wildman–Crippen LogP) is 4.63. The molecule has 0 unspecified atom stereocenters. The van der Waals surface area contributed by atoms with Crippen LogP contribution in [0.4, 0.5) is 0 Å². The van der Waals surface area contributed by atoms with Crippen molar-refractivity contribution in [3.63, 3.8) is 0 Å². The van der Waals surface area contributed by atoms with Crippen LogP contribution in [0.3, 0.4) is 0 Å². The molecular weight excluding hydrogens is 338 g/mol. The van der Waals surface area contributed by atoms with Gasteiger partial charge in [0, 0.05) is 17.4 Å². The van der Waals surface area contributed by atoms with Gasteiger partial charge in [-0.3, -0.25) is 0 Å². The number of fused-ring (bicyclic) bond motifs is 5. The third-order valence-corrected chi connectivity index (χ3v) is 5.22. The van der Waals surface area contributed by atoms with Crippen LogP contribution in [-0.4, -0.2) is 0 Å². The first-order valence-electron chi connectivity index (χ1n) is 9.18. The first-order valence-corrected chi connectivity index (χ1v) is 9.56. The smallest absolute Gasteiger partial charge is 0.0412 e. The van der Waals surface area contributed by atoms with Crippen LogP contribution in [0.5, 0.6) is 0 Å². The molecule has 0 saturated carbocycles. The van der Waals surface area contributed by atoms with Crippen LogP contribution in [0, 0.1) is 0 Å². The fourth-order valence-corrected chi connectivity index (χ4v) is 3.90. The largest absolute Gasteiger partial charge is 0.368 e. The molecule has 0 saturated heterocycles. The van der Waals surface area contributed by atoms with E-state index in [1.165, 1.54) is 52.0 Å². The second-order valence-corrected chi connectivity index (χ2v) is 7.11. The Morgan fingerprint density at radius 3 is 2.42 bits per heavy atom. The number of benzene rings is 2. The lowest BCUT2D eigenvalue weighted by atomic mass is 9.87. The summed E-state index contributed by atoms with van der Waals surface area (Å²) in [5, 5.41) is 6.64. The molecule has 2 aromatic rings. The summed E-state index contributed by atoms with van der Waals surface area (Å²) in [6.07, 6.45) is 21.1. The van der Waals surface area contributed by atoms with E-state index in [4.69, 9.17) is 11.6 Å². The van der Waals surface area contributed by atoms with Gasteiger partial charge in [-0.15, -0.1) is 0 Å². The molecule has 5 rings (SSSR count). The van der Waals surface area contributed by atoms with Crippen molar-refractivity contribution in [1.82, 2.24) is 5.32 Å². The summed E-state index contributed by atoms with van der Waals surface area (Å²) < 4.78 is 0. The molecule has 0 spiro atoms. The molecule has 0 amide bonds. The highest BCUT2D eigenvalue weighted by Crippen LogP contribution is 2.28. The molecule has 2 heteroatoms. The molecule has 1 heterocycles. The molecule has 1 nitrogen and oxygen atoms in total. The summed E-state index contributed by atoms with van der Waals surface area (Å²) in [5.41, 5.74) is 5.55. The molecule has 0 bridgehead atoms. The SMILES string of the molecule is C1=CC=CNC=C1.Clc1ccc2c(c1)-c1ccc3c(c1=CC2)=CCCC3. The molecule has 3 aliphatic rings. The second-order valence-electron chi connectivity index (χ2n) is 6.68. The maximum absolute atomic E-state index is 6.17. The van der Waals surface area contributed by atoms with Crippen molar-refractivity contribution in [2.45, 2.75) is 25.7 Å². The van der Waals surface area contributed by atoms with Gasteiger partial charge >= 0.3 is 0 Å². The average molecular weight is 360 g/mol. The number of aryl methyl sites for hydroxylation is 1. The number of halogens is 1. The van der Waals surface area contributed by atoms with Crippen LogP contribution in [0.2, 0.25) is 5.02 Å². The van der Waals surface area contributed by atoms with Crippen LogP contribution in [0.25, 0.3) is 23.3 Å². The average Bonchev–Trinajstić information content (AvgIpc) is 3.01. The molecule has 0 atom stereocenters. The lowest BCUT2D eigenvalue weighted by Crippen LogP contribution is -2.33. The Labute approximate surface area is 159 Å². The lowest BCUT2D eigenvalue weighted by Gasteiger charge is -2.18. The fraction of sp³-hybridized carbons (Fsp3) is 0.167. The fourth-order valence-electron chi connectivity index (χ4n) is 3.73. The summed E-state index contributed by atoms with van der Waals surface area (Å²) >= 11 is 6.17. The minimum Gasteiger partial charge on any atom is -0.368 e.